The lowest BCUT2D eigenvalue weighted by molar-refractivity contribution is -0.148. The van der Waals surface area contributed by atoms with E-state index in [4.69, 9.17) is 4.74 Å². The van der Waals surface area contributed by atoms with Crippen molar-refractivity contribution in [1.29, 1.82) is 5.26 Å². The number of nitriles is 1. The summed E-state index contributed by atoms with van der Waals surface area (Å²) in [5.74, 6) is -0.415. The van der Waals surface area contributed by atoms with Crippen LogP contribution in [-0.4, -0.2) is 46.5 Å². The van der Waals surface area contributed by atoms with Crippen LogP contribution in [0.3, 0.4) is 0 Å². The highest BCUT2D eigenvalue weighted by Crippen LogP contribution is 2.47. The van der Waals surface area contributed by atoms with Crippen LogP contribution < -0.4 is 0 Å². The van der Waals surface area contributed by atoms with E-state index in [1.807, 2.05) is 31.2 Å². The molecule has 2 fully saturated rings. The number of hydrogen-bond donors (Lipinski definition) is 1. The maximum Gasteiger partial charge on any atom is 0.410 e. The molecule has 0 aromatic heterocycles. The normalized spacial score (nSPS) is 29.5. The lowest BCUT2D eigenvalue weighted by Gasteiger charge is -2.50. The van der Waals surface area contributed by atoms with Crippen molar-refractivity contribution >= 4 is 23.8 Å². The number of carboxylic acids is 1. The van der Waals surface area contributed by atoms with Gasteiger partial charge < -0.3 is 9.84 Å². The summed E-state index contributed by atoms with van der Waals surface area (Å²) >= 11 is 1.73. The molecule has 1 N–H and O–H groups in total. The first-order valence-corrected chi connectivity index (χ1v) is 10.6. The summed E-state index contributed by atoms with van der Waals surface area (Å²) in [5.41, 5.74) is 0.685. The fourth-order valence-electron chi connectivity index (χ4n) is 4.90. The number of hydrogen-bond acceptors (Lipinski definition) is 5. The number of aliphatic carboxylic acids is 1. The van der Waals surface area contributed by atoms with Gasteiger partial charge in [-0.05, 0) is 56.1 Å². The molecule has 1 saturated carbocycles. The Morgan fingerprint density at radius 1 is 1.32 bits per heavy atom. The number of carbonyl (C=O) groups excluding carboxylic acids is 1. The predicted octanol–water partition coefficient (Wildman–Crippen LogP) is 4.14. The summed E-state index contributed by atoms with van der Waals surface area (Å²) in [6.07, 6.45) is 3.49. The minimum absolute atomic E-state index is 0.107. The number of methoxy groups -OCH3 is 1. The Hall–Kier alpha value is -2.20. The average molecular weight is 403 g/mol. The Bertz CT molecular complexity index is 778. The first kappa shape index (κ1) is 20.5. The van der Waals surface area contributed by atoms with Crippen LogP contribution in [0.15, 0.2) is 29.2 Å². The van der Waals surface area contributed by atoms with Gasteiger partial charge in [-0.15, -0.1) is 11.8 Å². The van der Waals surface area contributed by atoms with Gasteiger partial charge in [-0.3, -0.25) is 4.90 Å². The third kappa shape index (κ3) is 3.97. The van der Waals surface area contributed by atoms with Crippen molar-refractivity contribution in [3.05, 3.63) is 29.8 Å². The molecular formula is C21H26N2O4S. The van der Waals surface area contributed by atoms with E-state index in [1.54, 1.807) is 11.8 Å². The zero-order valence-corrected chi connectivity index (χ0v) is 17.0. The number of nitrogens with zero attached hydrogens (tertiary/aromatic N) is 2. The SMILES string of the molecule is CCC1[C@@H]2CC[C@H](Sc3ccccc3C#N)C[C@@H]2C[C@@H](C(=O)O)N1C(=O)OC. The van der Waals surface area contributed by atoms with Crippen molar-refractivity contribution in [2.45, 2.75) is 61.3 Å². The lowest BCUT2D eigenvalue weighted by atomic mass is 9.68. The fraction of sp³-hybridized carbons (Fsp3) is 0.571. The maximum absolute atomic E-state index is 12.3. The second kappa shape index (κ2) is 8.87. The maximum atomic E-state index is 12.3. The number of amides is 1. The zero-order chi connectivity index (χ0) is 20.3. The largest absolute Gasteiger partial charge is 0.480 e. The van der Waals surface area contributed by atoms with E-state index < -0.39 is 18.1 Å². The molecule has 1 aliphatic carbocycles. The second-order valence-electron chi connectivity index (χ2n) is 7.53. The molecule has 1 amide bonds. The highest BCUT2D eigenvalue weighted by molar-refractivity contribution is 8.00. The van der Waals surface area contributed by atoms with Crippen LogP contribution in [0.4, 0.5) is 4.79 Å². The highest BCUT2D eigenvalue weighted by Gasteiger charge is 2.49. The molecule has 5 atom stereocenters. The van der Waals surface area contributed by atoms with Crippen molar-refractivity contribution in [1.82, 2.24) is 4.90 Å². The Labute approximate surface area is 169 Å². The Morgan fingerprint density at radius 3 is 2.71 bits per heavy atom. The summed E-state index contributed by atoms with van der Waals surface area (Å²) < 4.78 is 4.90. The molecule has 3 rings (SSSR count). The van der Waals surface area contributed by atoms with Crippen molar-refractivity contribution in [3.63, 3.8) is 0 Å². The van der Waals surface area contributed by atoms with Crippen LogP contribution in [0.25, 0.3) is 0 Å². The number of ether oxygens (including phenoxy) is 1. The first-order valence-electron chi connectivity index (χ1n) is 9.75. The minimum atomic E-state index is -0.966. The molecule has 1 aliphatic heterocycles. The van der Waals surface area contributed by atoms with Crippen LogP contribution in [0, 0.1) is 23.2 Å². The van der Waals surface area contributed by atoms with Crippen LogP contribution in [0.1, 0.15) is 44.6 Å². The van der Waals surface area contributed by atoms with E-state index in [0.29, 0.717) is 23.2 Å². The topological polar surface area (TPSA) is 90.6 Å². The average Bonchev–Trinajstić information content (AvgIpc) is 2.71. The van der Waals surface area contributed by atoms with Gasteiger partial charge in [0.25, 0.3) is 0 Å². The standard InChI is InChI=1S/C21H26N2O4S/c1-3-17-16-9-8-15(28-19-7-5-4-6-13(19)12-22)10-14(16)11-18(20(24)25)23(17)21(26)27-2/h4-7,14-18H,3,8-11H2,1-2H3,(H,24,25)/t14-,15+,16-,17?,18+/m1/s1. The minimum Gasteiger partial charge on any atom is -0.480 e. The third-order valence-electron chi connectivity index (χ3n) is 6.10. The van der Waals surface area contributed by atoms with Gasteiger partial charge in [-0.25, -0.2) is 9.59 Å². The summed E-state index contributed by atoms with van der Waals surface area (Å²) in [6, 6.07) is 8.92. The summed E-state index contributed by atoms with van der Waals surface area (Å²) in [5, 5.41) is 19.4. The molecule has 6 nitrogen and oxygen atoms in total. The molecule has 1 aromatic rings. The van der Waals surface area contributed by atoms with Crippen molar-refractivity contribution in [3.8, 4) is 6.07 Å². The van der Waals surface area contributed by atoms with Gasteiger partial charge in [0, 0.05) is 16.2 Å². The van der Waals surface area contributed by atoms with Gasteiger partial charge in [0.05, 0.1) is 12.7 Å². The monoisotopic (exact) mass is 402 g/mol. The molecule has 0 spiro atoms. The van der Waals surface area contributed by atoms with E-state index >= 15 is 0 Å². The van der Waals surface area contributed by atoms with Gasteiger partial charge >= 0.3 is 12.1 Å². The molecular weight excluding hydrogens is 376 g/mol. The van der Waals surface area contributed by atoms with Gasteiger partial charge in [0.1, 0.15) is 12.1 Å². The van der Waals surface area contributed by atoms with E-state index in [2.05, 4.69) is 6.07 Å². The van der Waals surface area contributed by atoms with Crippen LogP contribution in [-0.2, 0) is 9.53 Å². The second-order valence-corrected chi connectivity index (χ2v) is 8.87. The Morgan fingerprint density at radius 2 is 2.07 bits per heavy atom. The first-order chi connectivity index (χ1) is 13.5. The van der Waals surface area contributed by atoms with E-state index in [0.717, 1.165) is 30.6 Å². The number of thioether (sulfide) groups is 1. The van der Waals surface area contributed by atoms with Crippen LogP contribution in [0.5, 0.6) is 0 Å². The lowest BCUT2D eigenvalue weighted by Crippen LogP contribution is -2.60. The Balaban J connectivity index is 1.78. The highest BCUT2D eigenvalue weighted by atomic mass is 32.2. The number of benzene rings is 1. The number of rotatable bonds is 4. The molecule has 2 aliphatic rings. The number of carboxylic acid groups (broad SMARTS) is 1. The third-order valence-corrected chi connectivity index (χ3v) is 7.47. The fourth-order valence-corrected chi connectivity index (χ4v) is 6.25. The molecule has 28 heavy (non-hydrogen) atoms. The molecule has 0 radical (unpaired) electrons. The van der Waals surface area contributed by atoms with Gasteiger partial charge in [0.2, 0.25) is 0 Å². The molecule has 1 unspecified atom stereocenters. The number of fused-ring (bicyclic) bond motifs is 1. The van der Waals surface area contributed by atoms with Crippen LogP contribution >= 0.6 is 11.8 Å². The van der Waals surface area contributed by atoms with Crippen molar-refractivity contribution in [2.24, 2.45) is 11.8 Å². The smallest absolute Gasteiger partial charge is 0.410 e. The summed E-state index contributed by atoms with van der Waals surface area (Å²) in [4.78, 5) is 26.6. The number of piperidine rings is 1. The van der Waals surface area contributed by atoms with Gasteiger partial charge in [-0.2, -0.15) is 5.26 Å². The molecule has 1 saturated heterocycles. The Kier molecular flexibility index (Phi) is 6.50. The zero-order valence-electron chi connectivity index (χ0n) is 16.2. The number of likely N-dealkylation sites (tertiary alicyclic amines) is 1. The van der Waals surface area contributed by atoms with Gasteiger partial charge in [0.15, 0.2) is 0 Å². The number of carbonyl (C=O) groups is 2. The van der Waals surface area contributed by atoms with E-state index in [-0.39, 0.29) is 12.0 Å². The van der Waals surface area contributed by atoms with Crippen molar-refractivity contribution < 1.29 is 19.4 Å². The molecule has 1 heterocycles. The quantitative estimate of drug-likeness (QED) is 0.814. The molecule has 150 valence electrons. The van der Waals surface area contributed by atoms with E-state index in [9.17, 15) is 20.0 Å². The molecule has 0 bridgehead atoms. The van der Waals surface area contributed by atoms with Crippen molar-refractivity contribution in [2.75, 3.05) is 7.11 Å². The van der Waals surface area contributed by atoms with E-state index in [1.165, 1.54) is 12.0 Å². The predicted molar refractivity (Wildman–Crippen MR) is 106 cm³/mol. The molecule has 1 aromatic carbocycles. The summed E-state index contributed by atoms with van der Waals surface area (Å²) in [7, 11) is 1.31. The summed E-state index contributed by atoms with van der Waals surface area (Å²) in [6.45, 7) is 2.01. The van der Waals surface area contributed by atoms with Gasteiger partial charge in [-0.1, -0.05) is 19.1 Å². The van der Waals surface area contributed by atoms with Crippen LogP contribution in [0.2, 0.25) is 0 Å². The molecule has 7 heteroatoms.